The normalized spacial score (nSPS) is 18.1. The van der Waals surface area contributed by atoms with E-state index in [1.807, 2.05) is 18.7 Å². The van der Waals surface area contributed by atoms with Crippen molar-refractivity contribution in [1.29, 1.82) is 0 Å². The maximum Gasteiger partial charge on any atom is 0.250 e. The van der Waals surface area contributed by atoms with Crippen molar-refractivity contribution >= 4 is 33.2 Å². The van der Waals surface area contributed by atoms with Crippen LogP contribution >= 0.6 is 0 Å². The minimum atomic E-state index is -3.70. The molecule has 2 amide bonds. The van der Waals surface area contributed by atoms with Crippen LogP contribution in [-0.2, 0) is 26.0 Å². The Morgan fingerprint density at radius 1 is 1.24 bits per heavy atom. The van der Waals surface area contributed by atoms with Crippen molar-refractivity contribution in [3.63, 3.8) is 0 Å². The lowest BCUT2D eigenvalue weighted by molar-refractivity contribution is -0.124. The highest BCUT2D eigenvalue weighted by atomic mass is 32.2. The predicted octanol–water partition coefficient (Wildman–Crippen LogP) is 1.61. The lowest BCUT2D eigenvalue weighted by Gasteiger charge is -2.45. The molecule has 1 N–H and O–H groups in total. The van der Waals surface area contributed by atoms with Gasteiger partial charge in [0.2, 0.25) is 21.8 Å². The highest BCUT2D eigenvalue weighted by Gasteiger charge is 2.40. The number of piperidine rings is 1. The molecule has 1 fully saturated rings. The van der Waals surface area contributed by atoms with Crippen molar-refractivity contribution in [3.8, 4) is 0 Å². The third-order valence-electron chi connectivity index (χ3n) is 6.56. The van der Waals surface area contributed by atoms with Gasteiger partial charge in [-0.1, -0.05) is 5.16 Å². The SMILES string of the molecule is Cc1noc(C)c1CCNC(=O)CN1C(=O)[C@@H]2CCCCN2c2ccc(S(=O)(=O)N(C)C)cc21. The van der Waals surface area contributed by atoms with Gasteiger partial charge in [-0.05, 0) is 57.7 Å². The number of nitrogens with one attached hydrogen (secondary N) is 1. The van der Waals surface area contributed by atoms with E-state index in [-0.39, 0.29) is 29.3 Å². The fourth-order valence-electron chi connectivity index (χ4n) is 4.66. The molecule has 1 aromatic heterocycles. The van der Waals surface area contributed by atoms with E-state index in [0.29, 0.717) is 25.1 Å². The summed E-state index contributed by atoms with van der Waals surface area (Å²) in [6, 6.07) is 4.48. The van der Waals surface area contributed by atoms with E-state index in [0.717, 1.165) is 46.4 Å². The van der Waals surface area contributed by atoms with Gasteiger partial charge in [-0.25, -0.2) is 12.7 Å². The first-order valence-electron chi connectivity index (χ1n) is 11.4. The van der Waals surface area contributed by atoms with Gasteiger partial charge in [0.15, 0.2) is 0 Å². The van der Waals surface area contributed by atoms with Crippen LogP contribution in [-0.4, -0.2) is 69.5 Å². The van der Waals surface area contributed by atoms with Crippen LogP contribution in [0.25, 0.3) is 0 Å². The lowest BCUT2D eigenvalue weighted by atomic mass is 9.96. The zero-order chi connectivity index (χ0) is 24.6. The number of carbonyl (C=O) groups excluding carboxylic acids is 2. The Morgan fingerprint density at radius 3 is 2.68 bits per heavy atom. The number of hydrogen-bond donors (Lipinski definition) is 1. The van der Waals surface area contributed by atoms with Gasteiger partial charge in [-0.3, -0.25) is 14.5 Å². The fraction of sp³-hybridized carbons (Fsp3) is 0.522. The first-order chi connectivity index (χ1) is 16.1. The fourth-order valence-corrected chi connectivity index (χ4v) is 5.58. The molecule has 34 heavy (non-hydrogen) atoms. The van der Waals surface area contributed by atoms with Crippen molar-refractivity contribution in [1.82, 2.24) is 14.8 Å². The van der Waals surface area contributed by atoms with Crippen LogP contribution in [0, 0.1) is 13.8 Å². The number of rotatable bonds is 7. The van der Waals surface area contributed by atoms with Crippen LogP contribution in [0.2, 0.25) is 0 Å². The van der Waals surface area contributed by atoms with Crippen molar-refractivity contribution in [3.05, 3.63) is 35.2 Å². The summed E-state index contributed by atoms with van der Waals surface area (Å²) in [7, 11) is -0.769. The molecule has 2 aliphatic rings. The second-order valence-corrected chi connectivity index (χ2v) is 11.1. The van der Waals surface area contributed by atoms with Crippen molar-refractivity contribution in [2.45, 2.75) is 50.5 Å². The maximum atomic E-state index is 13.4. The predicted molar refractivity (Wildman–Crippen MR) is 127 cm³/mol. The number of amides is 2. The molecule has 0 aliphatic carbocycles. The van der Waals surface area contributed by atoms with Crippen LogP contribution in [0.1, 0.15) is 36.3 Å². The van der Waals surface area contributed by atoms with Gasteiger partial charge in [0, 0.05) is 32.7 Å². The standard InChI is InChI=1S/C23H31N5O5S/c1-15-18(16(2)33-25-15)10-11-24-22(29)14-28-21-13-17(34(31,32)26(3)4)8-9-19(21)27-12-6-5-7-20(27)23(28)30/h8-9,13,20H,5-7,10-12,14H2,1-4H3,(H,24,29)/t20-/m0/s1. The van der Waals surface area contributed by atoms with Crippen LogP contribution in [0.4, 0.5) is 11.4 Å². The molecule has 0 unspecified atom stereocenters. The Morgan fingerprint density at radius 2 is 2.00 bits per heavy atom. The van der Waals surface area contributed by atoms with E-state index in [1.165, 1.54) is 25.1 Å². The molecule has 10 nitrogen and oxygen atoms in total. The molecular formula is C23H31N5O5S. The van der Waals surface area contributed by atoms with Crippen molar-refractivity contribution < 1.29 is 22.5 Å². The van der Waals surface area contributed by atoms with E-state index in [1.54, 1.807) is 12.1 Å². The van der Waals surface area contributed by atoms with Crippen LogP contribution in [0.5, 0.6) is 0 Å². The average molecular weight is 490 g/mol. The van der Waals surface area contributed by atoms with E-state index < -0.39 is 10.0 Å². The number of fused-ring (bicyclic) bond motifs is 3. The minimum absolute atomic E-state index is 0.0864. The molecule has 1 aromatic carbocycles. The van der Waals surface area contributed by atoms with Gasteiger partial charge in [0.1, 0.15) is 18.3 Å². The Hall–Kier alpha value is -2.92. The van der Waals surface area contributed by atoms with Crippen molar-refractivity contribution in [2.24, 2.45) is 0 Å². The summed E-state index contributed by atoms with van der Waals surface area (Å²) in [5.74, 6) is 0.238. The molecule has 3 heterocycles. The highest BCUT2D eigenvalue weighted by molar-refractivity contribution is 7.89. The second kappa shape index (κ2) is 9.38. The number of aromatic nitrogens is 1. The van der Waals surface area contributed by atoms with Gasteiger partial charge in [0.25, 0.3) is 0 Å². The van der Waals surface area contributed by atoms with Gasteiger partial charge in [-0.2, -0.15) is 0 Å². The summed E-state index contributed by atoms with van der Waals surface area (Å²) < 4.78 is 31.8. The molecule has 11 heteroatoms. The number of carbonyl (C=O) groups is 2. The van der Waals surface area contributed by atoms with Gasteiger partial charge >= 0.3 is 0 Å². The summed E-state index contributed by atoms with van der Waals surface area (Å²) in [6.07, 6.45) is 3.18. The Bertz CT molecular complexity index is 1190. The summed E-state index contributed by atoms with van der Waals surface area (Å²) in [5, 5.41) is 6.79. The number of sulfonamides is 1. The summed E-state index contributed by atoms with van der Waals surface area (Å²) in [4.78, 5) is 29.8. The first kappa shape index (κ1) is 24.2. The van der Waals surface area contributed by atoms with Crippen molar-refractivity contribution in [2.75, 3.05) is 43.5 Å². The summed E-state index contributed by atoms with van der Waals surface area (Å²) in [6.45, 7) is 4.60. The number of benzene rings is 1. The number of hydrogen-bond acceptors (Lipinski definition) is 7. The molecule has 184 valence electrons. The van der Waals surface area contributed by atoms with Gasteiger partial charge in [-0.15, -0.1) is 0 Å². The summed E-state index contributed by atoms with van der Waals surface area (Å²) in [5.41, 5.74) is 2.98. The first-order valence-corrected chi connectivity index (χ1v) is 12.9. The molecule has 1 saturated heterocycles. The smallest absolute Gasteiger partial charge is 0.250 e. The lowest BCUT2D eigenvalue weighted by Crippen LogP contribution is -2.57. The largest absolute Gasteiger partial charge is 0.361 e. The Labute approximate surface area is 199 Å². The molecule has 0 spiro atoms. The quantitative estimate of drug-likeness (QED) is 0.628. The van der Waals surface area contributed by atoms with E-state index in [4.69, 9.17) is 4.52 Å². The molecule has 0 bridgehead atoms. The Balaban J connectivity index is 1.58. The molecule has 0 saturated carbocycles. The molecule has 0 radical (unpaired) electrons. The number of anilines is 2. The van der Waals surface area contributed by atoms with E-state index >= 15 is 0 Å². The molecule has 1 atom stereocenters. The second-order valence-electron chi connectivity index (χ2n) is 8.97. The molecule has 2 aliphatic heterocycles. The zero-order valence-corrected chi connectivity index (χ0v) is 20.8. The van der Waals surface area contributed by atoms with Crippen LogP contribution in [0.15, 0.2) is 27.6 Å². The third kappa shape index (κ3) is 4.41. The number of aryl methyl sites for hydroxylation is 2. The summed E-state index contributed by atoms with van der Waals surface area (Å²) >= 11 is 0. The van der Waals surface area contributed by atoms with E-state index in [9.17, 15) is 18.0 Å². The zero-order valence-electron chi connectivity index (χ0n) is 20.0. The van der Waals surface area contributed by atoms with Crippen LogP contribution < -0.4 is 15.1 Å². The minimum Gasteiger partial charge on any atom is -0.361 e. The topological polar surface area (TPSA) is 116 Å². The number of nitrogens with zero attached hydrogens (tertiary/aromatic N) is 4. The molecule has 2 aromatic rings. The Kier molecular flexibility index (Phi) is 6.68. The van der Waals surface area contributed by atoms with E-state index in [2.05, 4.69) is 10.5 Å². The maximum absolute atomic E-state index is 13.4. The van der Waals surface area contributed by atoms with Gasteiger partial charge in [0.05, 0.1) is 22.0 Å². The molecular weight excluding hydrogens is 458 g/mol. The molecule has 4 rings (SSSR count). The monoisotopic (exact) mass is 489 g/mol. The van der Waals surface area contributed by atoms with Gasteiger partial charge < -0.3 is 14.7 Å². The average Bonchev–Trinajstić information content (AvgIpc) is 3.13. The highest BCUT2D eigenvalue weighted by Crippen LogP contribution is 2.40. The third-order valence-corrected chi connectivity index (χ3v) is 8.37. The van der Waals surface area contributed by atoms with Crippen LogP contribution in [0.3, 0.4) is 0 Å².